The van der Waals surface area contributed by atoms with Gasteiger partial charge in [-0.25, -0.2) is 4.79 Å². The van der Waals surface area contributed by atoms with Crippen molar-refractivity contribution in [3.63, 3.8) is 0 Å². The summed E-state index contributed by atoms with van der Waals surface area (Å²) >= 11 is 0. The molecule has 0 bridgehead atoms. The van der Waals surface area contributed by atoms with E-state index in [4.69, 9.17) is 9.47 Å². The third-order valence-electron chi connectivity index (χ3n) is 2.77. The zero-order valence-electron chi connectivity index (χ0n) is 8.61. The first kappa shape index (κ1) is 10.4. The molecule has 1 amide bonds. The molecule has 0 N–H and O–H groups in total. The molecule has 2 fully saturated rings. The number of ether oxygens (including phenoxy) is 2. The zero-order chi connectivity index (χ0) is 10.7. The number of carbonyl (C=O) groups excluding carboxylic acids is 2. The van der Waals surface area contributed by atoms with Crippen molar-refractivity contribution in [2.24, 2.45) is 0 Å². The van der Waals surface area contributed by atoms with Gasteiger partial charge in [-0.1, -0.05) is 0 Å². The Hall–Kier alpha value is -1.10. The Bertz CT molecular complexity index is 250. The van der Waals surface area contributed by atoms with Gasteiger partial charge in [-0.05, 0) is 12.8 Å². The number of hydrogen-bond donors (Lipinski definition) is 0. The molecule has 0 aromatic carbocycles. The number of hydrogen-bond acceptors (Lipinski definition) is 4. The van der Waals surface area contributed by atoms with Gasteiger partial charge in [-0.3, -0.25) is 9.69 Å². The molecular formula is C10H15NO4. The summed E-state index contributed by atoms with van der Waals surface area (Å²) in [6.07, 6.45) is 2.00. The smallest absolute Gasteiger partial charge is 0.411 e. The second-order valence-electron chi connectivity index (χ2n) is 3.92. The first-order chi connectivity index (χ1) is 7.25. The fraction of sp³-hybridized carbons (Fsp3) is 0.800. The fourth-order valence-electron chi connectivity index (χ4n) is 1.81. The number of nitrogens with zero attached hydrogens (tertiary/aromatic N) is 1. The molecule has 2 rings (SSSR count). The van der Waals surface area contributed by atoms with E-state index in [1.54, 1.807) is 0 Å². The zero-order valence-corrected chi connectivity index (χ0v) is 8.61. The predicted octanol–water partition coefficient (Wildman–Crippen LogP) is 0.924. The average Bonchev–Trinajstić information content (AvgIpc) is 2.74. The van der Waals surface area contributed by atoms with E-state index in [-0.39, 0.29) is 18.0 Å². The number of ketones is 1. The summed E-state index contributed by atoms with van der Waals surface area (Å²) in [7, 11) is 0. The summed E-state index contributed by atoms with van der Waals surface area (Å²) in [5.74, 6) is 0.270. The lowest BCUT2D eigenvalue weighted by molar-refractivity contribution is -0.122. The third-order valence-corrected chi connectivity index (χ3v) is 2.77. The van der Waals surface area contributed by atoms with E-state index >= 15 is 0 Å². The molecule has 1 saturated heterocycles. The van der Waals surface area contributed by atoms with Crippen molar-refractivity contribution >= 4 is 11.9 Å². The van der Waals surface area contributed by atoms with Crippen molar-refractivity contribution in [3.8, 4) is 0 Å². The minimum Gasteiger partial charge on any atom is -0.446 e. The topological polar surface area (TPSA) is 55.8 Å². The van der Waals surface area contributed by atoms with Crippen LogP contribution in [0.1, 0.15) is 25.7 Å². The summed E-state index contributed by atoms with van der Waals surface area (Å²) in [4.78, 5) is 24.1. The molecule has 5 nitrogen and oxygen atoms in total. The van der Waals surface area contributed by atoms with Gasteiger partial charge in [-0.2, -0.15) is 0 Å². The van der Waals surface area contributed by atoms with Gasteiger partial charge in [0.05, 0.1) is 6.61 Å². The Morgan fingerprint density at radius 3 is 2.73 bits per heavy atom. The van der Waals surface area contributed by atoms with Crippen LogP contribution in [0.5, 0.6) is 0 Å². The lowest BCUT2D eigenvalue weighted by atomic mass is 9.97. The Kier molecular flexibility index (Phi) is 3.20. The van der Waals surface area contributed by atoms with Gasteiger partial charge in [0.2, 0.25) is 0 Å². The van der Waals surface area contributed by atoms with Gasteiger partial charge in [-0.15, -0.1) is 0 Å². The minimum absolute atomic E-state index is 0.0872. The molecule has 1 aliphatic heterocycles. The molecule has 1 saturated carbocycles. The van der Waals surface area contributed by atoms with E-state index in [0.717, 1.165) is 0 Å². The number of carbonyl (C=O) groups is 2. The van der Waals surface area contributed by atoms with Crippen LogP contribution in [0.25, 0.3) is 0 Å². The molecule has 0 aromatic rings. The lowest BCUT2D eigenvalue weighted by Gasteiger charge is -2.23. The van der Waals surface area contributed by atoms with E-state index in [1.165, 1.54) is 4.90 Å². The molecule has 0 unspecified atom stereocenters. The van der Waals surface area contributed by atoms with Crippen LogP contribution in [0.15, 0.2) is 0 Å². The maximum Gasteiger partial charge on any atom is 0.411 e. The van der Waals surface area contributed by atoms with Gasteiger partial charge in [0.15, 0.2) is 0 Å². The number of rotatable bonds is 1. The van der Waals surface area contributed by atoms with Crippen LogP contribution in [-0.2, 0) is 14.3 Å². The quantitative estimate of drug-likeness (QED) is 0.650. The fourth-order valence-corrected chi connectivity index (χ4v) is 1.81. The highest BCUT2D eigenvalue weighted by molar-refractivity contribution is 5.79. The summed E-state index contributed by atoms with van der Waals surface area (Å²) < 4.78 is 10.3. The van der Waals surface area contributed by atoms with Crippen molar-refractivity contribution in [3.05, 3.63) is 0 Å². The van der Waals surface area contributed by atoms with Crippen LogP contribution >= 0.6 is 0 Å². The van der Waals surface area contributed by atoms with Gasteiger partial charge >= 0.3 is 6.09 Å². The van der Waals surface area contributed by atoms with Crippen LogP contribution < -0.4 is 0 Å². The highest BCUT2D eigenvalue weighted by atomic mass is 16.6. The summed E-state index contributed by atoms with van der Waals surface area (Å²) in [6.45, 7) is 1.51. The third kappa shape index (κ3) is 2.68. The van der Waals surface area contributed by atoms with Gasteiger partial charge in [0.1, 0.15) is 18.6 Å². The van der Waals surface area contributed by atoms with Crippen molar-refractivity contribution in [1.29, 1.82) is 0 Å². The van der Waals surface area contributed by atoms with Crippen molar-refractivity contribution < 1.29 is 19.1 Å². The van der Waals surface area contributed by atoms with E-state index in [1.807, 2.05) is 0 Å². The molecule has 1 aliphatic carbocycles. The minimum atomic E-state index is -0.313. The summed E-state index contributed by atoms with van der Waals surface area (Å²) in [6, 6.07) is 0. The Morgan fingerprint density at radius 2 is 2.13 bits per heavy atom. The highest BCUT2D eigenvalue weighted by Crippen LogP contribution is 2.19. The second kappa shape index (κ2) is 4.61. The van der Waals surface area contributed by atoms with Crippen LogP contribution in [0.3, 0.4) is 0 Å². The normalized spacial score (nSPS) is 23.2. The summed E-state index contributed by atoms with van der Waals surface area (Å²) in [5.41, 5.74) is 0. The molecule has 15 heavy (non-hydrogen) atoms. The highest BCUT2D eigenvalue weighted by Gasteiger charge is 2.26. The monoisotopic (exact) mass is 213 g/mol. The number of Topliss-reactive ketones (excluding diaryl/α,β-unsaturated/α-hetero) is 1. The second-order valence-corrected chi connectivity index (χ2v) is 3.92. The van der Waals surface area contributed by atoms with Gasteiger partial charge in [0.25, 0.3) is 0 Å². The van der Waals surface area contributed by atoms with Gasteiger partial charge in [0, 0.05) is 19.4 Å². The van der Waals surface area contributed by atoms with E-state index in [9.17, 15) is 9.59 Å². The van der Waals surface area contributed by atoms with E-state index in [2.05, 4.69) is 0 Å². The largest absolute Gasteiger partial charge is 0.446 e. The number of amides is 1. The van der Waals surface area contributed by atoms with Crippen LogP contribution in [0.4, 0.5) is 4.79 Å². The molecular weight excluding hydrogens is 198 g/mol. The maximum absolute atomic E-state index is 11.5. The van der Waals surface area contributed by atoms with Gasteiger partial charge < -0.3 is 9.47 Å². The first-order valence-electron chi connectivity index (χ1n) is 5.31. The molecule has 2 aliphatic rings. The first-order valence-corrected chi connectivity index (χ1v) is 5.31. The van der Waals surface area contributed by atoms with E-state index in [0.29, 0.717) is 45.6 Å². The molecule has 0 atom stereocenters. The van der Waals surface area contributed by atoms with Crippen molar-refractivity contribution in [2.75, 3.05) is 19.9 Å². The van der Waals surface area contributed by atoms with Crippen LogP contribution in [0.2, 0.25) is 0 Å². The van der Waals surface area contributed by atoms with Crippen molar-refractivity contribution in [2.45, 2.75) is 31.8 Å². The van der Waals surface area contributed by atoms with Crippen LogP contribution in [-0.4, -0.2) is 42.8 Å². The SMILES string of the molecule is O=C1CCC(OC(=O)N2CCOC2)CC1. The molecule has 0 aromatic heterocycles. The lowest BCUT2D eigenvalue weighted by Crippen LogP contribution is -2.34. The Morgan fingerprint density at radius 1 is 1.40 bits per heavy atom. The summed E-state index contributed by atoms with van der Waals surface area (Å²) in [5, 5.41) is 0. The maximum atomic E-state index is 11.5. The molecule has 84 valence electrons. The average molecular weight is 213 g/mol. The Balaban J connectivity index is 1.76. The molecule has 1 heterocycles. The van der Waals surface area contributed by atoms with Crippen LogP contribution in [0, 0.1) is 0 Å². The Labute approximate surface area is 88.3 Å². The molecule has 0 radical (unpaired) electrons. The van der Waals surface area contributed by atoms with Crippen molar-refractivity contribution in [1.82, 2.24) is 4.90 Å². The standard InChI is InChI=1S/C10H15NO4/c12-8-1-3-9(4-2-8)15-10(13)11-5-6-14-7-11/h9H,1-7H2. The predicted molar refractivity (Wildman–Crippen MR) is 51.3 cm³/mol. The molecule has 0 spiro atoms. The van der Waals surface area contributed by atoms with E-state index < -0.39 is 0 Å². The molecule has 5 heteroatoms.